The summed E-state index contributed by atoms with van der Waals surface area (Å²) in [5.74, 6) is 0.897. The fourth-order valence-electron chi connectivity index (χ4n) is 3.28. The van der Waals surface area contributed by atoms with Crippen molar-refractivity contribution in [2.75, 3.05) is 19.5 Å². The van der Waals surface area contributed by atoms with Crippen LogP contribution in [0.25, 0.3) is 16.8 Å². The smallest absolute Gasteiger partial charge is 0.277 e. The van der Waals surface area contributed by atoms with Gasteiger partial charge in [0, 0.05) is 23.6 Å². The van der Waals surface area contributed by atoms with Crippen LogP contribution in [0.1, 0.15) is 5.56 Å². The van der Waals surface area contributed by atoms with Crippen LogP contribution in [-0.2, 0) is 11.3 Å². The Morgan fingerprint density at radius 2 is 1.74 bits per heavy atom. The van der Waals surface area contributed by atoms with E-state index in [-0.39, 0.29) is 18.0 Å². The molecule has 8 nitrogen and oxygen atoms in total. The summed E-state index contributed by atoms with van der Waals surface area (Å²) in [4.78, 5) is 25.3. The van der Waals surface area contributed by atoms with Crippen molar-refractivity contribution in [2.45, 2.75) is 13.5 Å². The first-order valence-corrected chi connectivity index (χ1v) is 9.66. The molecule has 4 rings (SSSR count). The number of anilines is 1. The van der Waals surface area contributed by atoms with E-state index in [1.807, 2.05) is 37.3 Å². The molecule has 0 aliphatic carbocycles. The zero-order valence-electron chi connectivity index (χ0n) is 17.5. The Morgan fingerprint density at radius 3 is 2.45 bits per heavy atom. The maximum absolute atomic E-state index is 12.9. The lowest BCUT2D eigenvalue weighted by Gasteiger charge is -2.08. The van der Waals surface area contributed by atoms with E-state index in [1.54, 1.807) is 44.8 Å². The highest BCUT2D eigenvalue weighted by Crippen LogP contribution is 2.31. The van der Waals surface area contributed by atoms with E-state index in [2.05, 4.69) is 10.4 Å². The highest BCUT2D eigenvalue weighted by atomic mass is 16.5. The van der Waals surface area contributed by atoms with Crippen LogP contribution >= 0.6 is 0 Å². The molecule has 8 heteroatoms. The average molecular weight is 418 g/mol. The number of aryl methyl sites for hydroxylation is 1. The van der Waals surface area contributed by atoms with Crippen molar-refractivity contribution < 1.29 is 14.3 Å². The van der Waals surface area contributed by atoms with E-state index in [0.29, 0.717) is 28.4 Å². The molecule has 0 atom stereocenters. The Kier molecular flexibility index (Phi) is 5.44. The van der Waals surface area contributed by atoms with Crippen LogP contribution in [0.15, 0.2) is 65.7 Å². The maximum Gasteiger partial charge on any atom is 0.277 e. The molecule has 0 fully saturated rings. The summed E-state index contributed by atoms with van der Waals surface area (Å²) in [6, 6.07) is 14.6. The minimum absolute atomic E-state index is 0.0971. The molecule has 0 aliphatic rings. The molecular formula is C23H22N4O4. The van der Waals surface area contributed by atoms with Crippen LogP contribution in [0, 0.1) is 6.92 Å². The lowest BCUT2D eigenvalue weighted by molar-refractivity contribution is -0.116. The molecule has 0 radical (unpaired) electrons. The molecule has 0 saturated carbocycles. The first kappa shape index (κ1) is 20.2. The lowest BCUT2D eigenvalue weighted by Crippen LogP contribution is -2.28. The van der Waals surface area contributed by atoms with Crippen molar-refractivity contribution in [3.8, 4) is 22.8 Å². The van der Waals surface area contributed by atoms with Gasteiger partial charge in [-0.25, -0.2) is 4.52 Å². The number of benzene rings is 2. The summed E-state index contributed by atoms with van der Waals surface area (Å²) in [6.45, 7) is 1.88. The number of nitrogens with one attached hydrogen (secondary N) is 1. The largest absolute Gasteiger partial charge is 0.493 e. The second-order valence-electron chi connectivity index (χ2n) is 7.07. The number of hydrogen-bond acceptors (Lipinski definition) is 5. The molecule has 4 aromatic rings. The van der Waals surface area contributed by atoms with Gasteiger partial charge < -0.3 is 19.4 Å². The Labute approximate surface area is 178 Å². The van der Waals surface area contributed by atoms with Gasteiger partial charge in [0.25, 0.3) is 5.56 Å². The fourth-order valence-corrected chi connectivity index (χ4v) is 3.28. The third kappa shape index (κ3) is 4.13. The summed E-state index contributed by atoms with van der Waals surface area (Å²) in [7, 11) is 3.13. The van der Waals surface area contributed by atoms with Crippen molar-refractivity contribution in [2.24, 2.45) is 0 Å². The molecule has 0 saturated heterocycles. The molecule has 158 valence electrons. The summed E-state index contributed by atoms with van der Waals surface area (Å²) >= 11 is 0. The van der Waals surface area contributed by atoms with Crippen molar-refractivity contribution in [1.29, 1.82) is 0 Å². The first-order valence-electron chi connectivity index (χ1n) is 9.66. The Balaban J connectivity index is 1.60. The van der Waals surface area contributed by atoms with Gasteiger partial charge in [0.15, 0.2) is 11.5 Å². The van der Waals surface area contributed by atoms with Gasteiger partial charge in [0.2, 0.25) is 5.91 Å². The first-order chi connectivity index (χ1) is 15.0. The zero-order valence-corrected chi connectivity index (χ0v) is 17.5. The number of carbonyl (C=O) groups excluding carboxylic acids is 1. The average Bonchev–Trinajstić information content (AvgIpc) is 3.22. The summed E-state index contributed by atoms with van der Waals surface area (Å²) < 4.78 is 13.5. The van der Waals surface area contributed by atoms with Crippen molar-refractivity contribution >= 4 is 17.1 Å². The summed E-state index contributed by atoms with van der Waals surface area (Å²) in [5, 5.41) is 7.28. The molecule has 0 unspecified atom stereocenters. The van der Waals surface area contributed by atoms with Gasteiger partial charge in [-0.3, -0.25) is 9.59 Å². The van der Waals surface area contributed by atoms with Gasteiger partial charge in [0.05, 0.1) is 19.9 Å². The number of amides is 1. The van der Waals surface area contributed by atoms with Gasteiger partial charge in [-0.2, -0.15) is 5.10 Å². The number of rotatable bonds is 6. The molecule has 2 heterocycles. The monoisotopic (exact) mass is 418 g/mol. The third-order valence-electron chi connectivity index (χ3n) is 4.93. The van der Waals surface area contributed by atoms with Gasteiger partial charge >= 0.3 is 0 Å². The van der Waals surface area contributed by atoms with E-state index in [9.17, 15) is 9.59 Å². The quantitative estimate of drug-likeness (QED) is 0.520. The number of ether oxygens (including phenoxy) is 2. The second kappa shape index (κ2) is 8.35. The topological polar surface area (TPSA) is 86.9 Å². The van der Waals surface area contributed by atoms with Crippen molar-refractivity contribution in [1.82, 2.24) is 14.2 Å². The maximum atomic E-state index is 12.9. The number of methoxy groups -OCH3 is 2. The minimum Gasteiger partial charge on any atom is -0.493 e. The normalized spacial score (nSPS) is 10.8. The molecule has 1 N–H and O–H groups in total. The van der Waals surface area contributed by atoms with Crippen LogP contribution in [0.3, 0.4) is 0 Å². The number of hydrogen-bond donors (Lipinski definition) is 1. The van der Waals surface area contributed by atoms with E-state index < -0.39 is 0 Å². The third-order valence-corrected chi connectivity index (χ3v) is 4.93. The SMILES string of the molecule is COc1ccc(-c2cc3c(=O)n(CC(=O)Nc4ccc(C)cc4)ccn3n2)cc1OC. The highest BCUT2D eigenvalue weighted by molar-refractivity contribution is 5.90. The molecule has 2 aromatic heterocycles. The summed E-state index contributed by atoms with van der Waals surface area (Å²) in [5.41, 5.74) is 3.25. The van der Waals surface area contributed by atoms with Crippen LogP contribution in [0.4, 0.5) is 5.69 Å². The second-order valence-corrected chi connectivity index (χ2v) is 7.07. The standard InChI is InChI=1S/C23H22N4O4/c1-15-4-7-17(8-5-15)24-22(28)14-26-10-11-27-19(23(26)29)13-18(25-27)16-6-9-20(30-2)21(12-16)31-3/h4-13H,14H2,1-3H3,(H,24,28). The number of fused-ring (bicyclic) bond motifs is 1. The molecule has 2 aromatic carbocycles. The van der Waals surface area contributed by atoms with E-state index in [1.165, 1.54) is 9.08 Å². The molecule has 31 heavy (non-hydrogen) atoms. The Bertz CT molecular complexity index is 1310. The highest BCUT2D eigenvalue weighted by Gasteiger charge is 2.13. The lowest BCUT2D eigenvalue weighted by atomic mass is 10.1. The molecule has 1 amide bonds. The minimum atomic E-state index is -0.305. The predicted octanol–water partition coefficient (Wildman–Crippen LogP) is 3.13. The van der Waals surface area contributed by atoms with Gasteiger partial charge in [-0.05, 0) is 43.3 Å². The Morgan fingerprint density at radius 1 is 1.00 bits per heavy atom. The van der Waals surface area contributed by atoms with Crippen LogP contribution in [0.5, 0.6) is 11.5 Å². The van der Waals surface area contributed by atoms with Gasteiger partial charge in [-0.1, -0.05) is 17.7 Å². The van der Waals surface area contributed by atoms with E-state index in [0.717, 1.165) is 11.1 Å². The predicted molar refractivity (Wildman–Crippen MR) is 118 cm³/mol. The molecule has 0 bridgehead atoms. The summed E-state index contributed by atoms with van der Waals surface area (Å²) in [6.07, 6.45) is 3.20. The van der Waals surface area contributed by atoms with E-state index >= 15 is 0 Å². The van der Waals surface area contributed by atoms with E-state index in [4.69, 9.17) is 9.47 Å². The molecule has 0 aliphatic heterocycles. The molecular weight excluding hydrogens is 396 g/mol. The van der Waals surface area contributed by atoms with Gasteiger partial charge in [-0.15, -0.1) is 0 Å². The van der Waals surface area contributed by atoms with Crippen molar-refractivity contribution in [3.63, 3.8) is 0 Å². The zero-order chi connectivity index (χ0) is 22.0. The number of nitrogens with zero attached hydrogens (tertiary/aromatic N) is 3. The number of aromatic nitrogens is 3. The fraction of sp³-hybridized carbons (Fsp3) is 0.174. The Hall–Kier alpha value is -4.07. The van der Waals surface area contributed by atoms with Crippen LogP contribution in [0.2, 0.25) is 0 Å². The van der Waals surface area contributed by atoms with Crippen LogP contribution in [-0.4, -0.2) is 34.3 Å². The molecule has 0 spiro atoms. The van der Waals surface area contributed by atoms with Crippen LogP contribution < -0.4 is 20.3 Å². The van der Waals surface area contributed by atoms with Crippen molar-refractivity contribution in [3.05, 3.63) is 76.8 Å². The number of carbonyl (C=O) groups is 1. The van der Waals surface area contributed by atoms with Gasteiger partial charge in [0.1, 0.15) is 12.1 Å².